The van der Waals surface area contributed by atoms with Gasteiger partial charge in [0.1, 0.15) is 12.5 Å². The summed E-state index contributed by atoms with van der Waals surface area (Å²) in [5.41, 5.74) is 0. The highest BCUT2D eigenvalue weighted by Crippen LogP contribution is 2.36. The molecule has 0 aliphatic carbocycles. The van der Waals surface area contributed by atoms with Crippen molar-refractivity contribution in [2.45, 2.75) is 18.3 Å². The van der Waals surface area contributed by atoms with E-state index in [4.69, 9.17) is 15.3 Å². The first-order chi connectivity index (χ1) is 5.49. The average Bonchev–Trinajstić information content (AvgIpc) is 2.25. The first-order valence-electron chi connectivity index (χ1n) is 3.45. The van der Waals surface area contributed by atoms with Gasteiger partial charge in [-0.1, -0.05) is 0 Å². The number of alkyl halides is 2. The summed E-state index contributed by atoms with van der Waals surface area (Å²) in [6.07, 6.45) is -3.36. The van der Waals surface area contributed by atoms with E-state index in [-0.39, 0.29) is 0 Å². The second kappa shape index (κ2) is 3.21. The zero-order chi connectivity index (χ0) is 9.35. The molecule has 0 aromatic carbocycles. The molecule has 6 heteroatoms. The van der Waals surface area contributed by atoms with Crippen LogP contribution in [0.2, 0.25) is 0 Å². The van der Waals surface area contributed by atoms with Gasteiger partial charge in [-0.25, -0.2) is 8.78 Å². The summed E-state index contributed by atoms with van der Waals surface area (Å²) in [5.74, 6) is -5.01. The Hall–Kier alpha value is -0.300. The molecule has 72 valence electrons. The van der Waals surface area contributed by atoms with Crippen LogP contribution in [0.5, 0.6) is 0 Å². The van der Waals surface area contributed by atoms with Crippen LogP contribution in [0, 0.1) is 5.92 Å². The minimum atomic E-state index is -3.28. The van der Waals surface area contributed by atoms with Gasteiger partial charge in [0.15, 0.2) is 6.29 Å². The summed E-state index contributed by atoms with van der Waals surface area (Å²) < 4.78 is 29.7. The second-order valence-corrected chi connectivity index (χ2v) is 2.74. The van der Waals surface area contributed by atoms with Crippen molar-refractivity contribution in [1.82, 2.24) is 0 Å². The van der Waals surface area contributed by atoms with Crippen LogP contribution in [0.4, 0.5) is 8.78 Å². The Morgan fingerprint density at radius 3 is 2.50 bits per heavy atom. The summed E-state index contributed by atoms with van der Waals surface area (Å²) in [4.78, 5) is 0. The molecule has 12 heavy (non-hydrogen) atoms. The van der Waals surface area contributed by atoms with Crippen molar-refractivity contribution in [2.24, 2.45) is 5.92 Å². The van der Waals surface area contributed by atoms with Gasteiger partial charge in [0, 0.05) is 0 Å². The Kier molecular flexibility index (Phi) is 2.62. The number of halogens is 2. The minimum Gasteiger partial charge on any atom is -0.394 e. The molecule has 1 aliphatic heterocycles. The lowest BCUT2D eigenvalue weighted by atomic mass is 9.97. The van der Waals surface area contributed by atoms with E-state index in [1.807, 2.05) is 0 Å². The van der Waals surface area contributed by atoms with Crippen LogP contribution < -0.4 is 0 Å². The van der Waals surface area contributed by atoms with Gasteiger partial charge in [0.05, 0.1) is 12.7 Å². The van der Waals surface area contributed by atoms with Crippen LogP contribution >= 0.6 is 0 Å². The highest BCUT2D eigenvalue weighted by molar-refractivity contribution is 4.89. The first-order valence-corrected chi connectivity index (χ1v) is 3.45. The maximum atomic E-state index is 12.7. The van der Waals surface area contributed by atoms with Gasteiger partial charge in [0.2, 0.25) is 0 Å². The second-order valence-electron chi connectivity index (χ2n) is 2.74. The summed E-state index contributed by atoms with van der Waals surface area (Å²) in [6.45, 7) is -1.74. The van der Waals surface area contributed by atoms with Gasteiger partial charge in [-0.2, -0.15) is 0 Å². The molecule has 0 radical (unpaired) electrons. The molecular weight excluding hydrogens is 174 g/mol. The van der Waals surface area contributed by atoms with Gasteiger partial charge >= 0.3 is 0 Å². The van der Waals surface area contributed by atoms with E-state index in [0.29, 0.717) is 0 Å². The fourth-order valence-corrected chi connectivity index (χ4v) is 1.19. The Bertz CT molecular complexity index is 164. The van der Waals surface area contributed by atoms with Gasteiger partial charge in [-0.05, 0) is 0 Å². The predicted molar refractivity (Wildman–Crippen MR) is 33.5 cm³/mol. The number of aliphatic hydroxyl groups excluding tert-OH is 3. The average molecular weight is 184 g/mol. The molecule has 1 unspecified atom stereocenters. The number of hydrogen-bond acceptors (Lipinski definition) is 4. The fraction of sp³-hybridized carbons (Fsp3) is 1.00. The third-order valence-corrected chi connectivity index (χ3v) is 1.84. The number of rotatable bonds is 2. The number of hydrogen-bond donors (Lipinski definition) is 3. The van der Waals surface area contributed by atoms with Gasteiger partial charge in [0.25, 0.3) is 5.92 Å². The topological polar surface area (TPSA) is 69.9 Å². The van der Waals surface area contributed by atoms with Crippen molar-refractivity contribution in [1.29, 1.82) is 0 Å². The van der Waals surface area contributed by atoms with Gasteiger partial charge in [-0.3, -0.25) is 0 Å². The van der Waals surface area contributed by atoms with Crippen LogP contribution in [0.1, 0.15) is 0 Å². The molecule has 0 amide bonds. The van der Waals surface area contributed by atoms with Crippen molar-refractivity contribution < 1.29 is 28.8 Å². The van der Waals surface area contributed by atoms with Crippen LogP contribution in [0.15, 0.2) is 0 Å². The molecule has 4 nitrogen and oxygen atoms in total. The lowest BCUT2D eigenvalue weighted by Crippen LogP contribution is -2.41. The van der Waals surface area contributed by atoms with Crippen molar-refractivity contribution in [3.05, 3.63) is 0 Å². The third-order valence-electron chi connectivity index (χ3n) is 1.84. The summed E-state index contributed by atoms with van der Waals surface area (Å²) >= 11 is 0. The molecule has 3 atom stereocenters. The molecule has 0 bridgehead atoms. The molecule has 0 spiro atoms. The van der Waals surface area contributed by atoms with E-state index in [1.165, 1.54) is 0 Å². The van der Waals surface area contributed by atoms with Crippen LogP contribution in [0.3, 0.4) is 0 Å². The normalized spacial score (nSPS) is 36.8. The minimum absolute atomic E-state index is 0.819. The quantitative estimate of drug-likeness (QED) is 0.511. The predicted octanol–water partition coefficient (Wildman–Crippen LogP) is -1.06. The van der Waals surface area contributed by atoms with E-state index in [1.54, 1.807) is 0 Å². The standard InChI is InChI=1S/C6H10F2O4/c7-6(8)2-12-5(11)4(6)3(10)1-9/h3-5,9-11H,1-2H2/t3-,4-,5?/m0/s1. The van der Waals surface area contributed by atoms with Crippen molar-refractivity contribution in [2.75, 3.05) is 13.2 Å². The highest BCUT2D eigenvalue weighted by atomic mass is 19.3. The van der Waals surface area contributed by atoms with Crippen molar-refractivity contribution in [3.63, 3.8) is 0 Å². The monoisotopic (exact) mass is 184 g/mol. The lowest BCUT2D eigenvalue weighted by Gasteiger charge is -2.22. The van der Waals surface area contributed by atoms with E-state index in [0.717, 1.165) is 0 Å². The number of ether oxygens (including phenoxy) is 1. The van der Waals surface area contributed by atoms with E-state index in [2.05, 4.69) is 4.74 Å². The van der Waals surface area contributed by atoms with Gasteiger partial charge < -0.3 is 20.1 Å². The third kappa shape index (κ3) is 1.56. The zero-order valence-corrected chi connectivity index (χ0v) is 6.15. The Morgan fingerprint density at radius 2 is 2.17 bits per heavy atom. The Morgan fingerprint density at radius 1 is 1.58 bits per heavy atom. The molecule has 0 saturated carbocycles. The Labute approximate surface area is 67.4 Å². The molecule has 0 aromatic heterocycles. The van der Waals surface area contributed by atoms with Crippen LogP contribution in [-0.2, 0) is 4.74 Å². The molecule has 1 rings (SSSR count). The van der Waals surface area contributed by atoms with E-state index in [9.17, 15) is 8.78 Å². The van der Waals surface area contributed by atoms with Crippen molar-refractivity contribution in [3.8, 4) is 0 Å². The summed E-state index contributed by atoms with van der Waals surface area (Å²) in [5, 5.41) is 26.1. The summed E-state index contributed by atoms with van der Waals surface area (Å²) in [7, 11) is 0. The molecule has 1 aliphatic rings. The molecular formula is C6H10F2O4. The fourth-order valence-electron chi connectivity index (χ4n) is 1.19. The Balaban J connectivity index is 2.71. The van der Waals surface area contributed by atoms with E-state index < -0.39 is 37.4 Å². The SMILES string of the molecule is OC[C@H](O)[C@H]1C(O)OCC1(F)F. The smallest absolute Gasteiger partial charge is 0.281 e. The molecule has 3 N–H and O–H groups in total. The molecule has 1 fully saturated rings. The molecule has 1 saturated heterocycles. The summed E-state index contributed by atoms with van der Waals surface area (Å²) in [6, 6.07) is 0. The van der Waals surface area contributed by atoms with Gasteiger partial charge in [-0.15, -0.1) is 0 Å². The van der Waals surface area contributed by atoms with Crippen LogP contribution in [0.25, 0.3) is 0 Å². The van der Waals surface area contributed by atoms with Crippen molar-refractivity contribution >= 4 is 0 Å². The highest BCUT2D eigenvalue weighted by Gasteiger charge is 2.54. The largest absolute Gasteiger partial charge is 0.394 e. The van der Waals surface area contributed by atoms with Crippen LogP contribution in [-0.4, -0.2) is 46.8 Å². The molecule has 0 aromatic rings. The lowest BCUT2D eigenvalue weighted by molar-refractivity contribution is -0.134. The number of aliphatic hydroxyl groups is 3. The maximum absolute atomic E-state index is 12.7. The van der Waals surface area contributed by atoms with E-state index >= 15 is 0 Å². The first kappa shape index (κ1) is 9.79. The maximum Gasteiger partial charge on any atom is 0.281 e. The molecule has 1 heterocycles. The zero-order valence-electron chi connectivity index (χ0n) is 6.15.